The molecule has 1 aliphatic rings. The molecule has 0 saturated heterocycles. The Morgan fingerprint density at radius 2 is 1.03 bits per heavy atom. The zero-order valence-electron chi connectivity index (χ0n) is 18.3. The van der Waals surface area contributed by atoms with Gasteiger partial charge in [0, 0.05) is 14.4 Å². The van der Waals surface area contributed by atoms with Crippen LogP contribution >= 0.6 is 31.9 Å². The molecule has 0 N–H and O–H groups in total. The van der Waals surface area contributed by atoms with Crippen LogP contribution in [0.3, 0.4) is 0 Å². The van der Waals surface area contributed by atoms with E-state index in [1.54, 1.807) is 0 Å². The maximum absolute atomic E-state index is 4.09. The van der Waals surface area contributed by atoms with E-state index in [4.69, 9.17) is 0 Å². The van der Waals surface area contributed by atoms with Crippen molar-refractivity contribution in [1.29, 1.82) is 0 Å². The molecule has 2 heteroatoms. The maximum Gasteiger partial charge on any atom is 0.0296 e. The molecule has 0 aliphatic heterocycles. The third-order valence-electron chi connectivity index (χ3n) is 6.82. The fourth-order valence-corrected chi connectivity index (χ4v) is 6.04. The highest BCUT2D eigenvalue weighted by Gasteiger charge is 2.44. The minimum absolute atomic E-state index is 0.226. The van der Waals surface area contributed by atoms with E-state index in [1.165, 1.54) is 44.5 Å². The lowest BCUT2D eigenvalue weighted by Crippen LogP contribution is -2.32. The van der Waals surface area contributed by atoms with Gasteiger partial charge < -0.3 is 0 Å². The number of fused-ring (bicyclic) bond motifs is 3. The second-order valence-corrected chi connectivity index (χ2v) is 10.5. The predicted octanol–water partition coefficient (Wildman–Crippen LogP) is 9.25. The maximum atomic E-state index is 4.09. The van der Waals surface area contributed by atoms with Crippen molar-refractivity contribution in [2.24, 2.45) is 0 Å². The first kappa shape index (κ1) is 22.1. The van der Waals surface area contributed by atoms with Crippen molar-refractivity contribution >= 4 is 44.0 Å². The minimum Gasteiger partial charge on any atom is -0.0985 e. The summed E-state index contributed by atoms with van der Waals surface area (Å²) in [7, 11) is 0. The fourth-order valence-electron chi connectivity index (χ4n) is 5.32. The van der Waals surface area contributed by atoms with E-state index in [1.807, 2.05) is 12.2 Å². The van der Waals surface area contributed by atoms with Gasteiger partial charge in [0.1, 0.15) is 0 Å². The van der Waals surface area contributed by atoms with E-state index < -0.39 is 0 Å². The lowest BCUT2D eigenvalue weighted by Gasteiger charge is -2.34. The SMILES string of the molecule is C=Cc1ccccc1CC1(Cc2ccccc2C=C)c2cc(Br)ccc2-c2ccc(Br)cc21. The van der Waals surface area contributed by atoms with Crippen molar-refractivity contribution in [3.63, 3.8) is 0 Å². The smallest absolute Gasteiger partial charge is 0.0296 e. The van der Waals surface area contributed by atoms with Crippen LogP contribution in [0.1, 0.15) is 33.4 Å². The van der Waals surface area contributed by atoms with Crippen LogP contribution in [0, 0.1) is 0 Å². The minimum atomic E-state index is -0.226. The van der Waals surface area contributed by atoms with E-state index in [0.29, 0.717) is 0 Å². The van der Waals surface area contributed by atoms with Gasteiger partial charge in [-0.1, -0.05) is 118 Å². The van der Waals surface area contributed by atoms with E-state index in [9.17, 15) is 0 Å². The molecule has 0 aromatic heterocycles. The van der Waals surface area contributed by atoms with Crippen molar-refractivity contribution in [2.75, 3.05) is 0 Å². The van der Waals surface area contributed by atoms with Gasteiger partial charge in [-0.15, -0.1) is 0 Å². The summed E-state index contributed by atoms with van der Waals surface area (Å²) < 4.78 is 2.21. The Bertz CT molecular complexity index is 1270. The molecule has 0 unspecified atom stereocenters. The number of hydrogen-bond acceptors (Lipinski definition) is 0. The first-order chi connectivity index (χ1) is 16.1. The summed E-state index contributed by atoms with van der Waals surface area (Å²) in [5, 5.41) is 0. The molecule has 33 heavy (non-hydrogen) atoms. The van der Waals surface area contributed by atoms with Gasteiger partial charge >= 0.3 is 0 Å². The summed E-state index contributed by atoms with van der Waals surface area (Å²) in [5.74, 6) is 0. The van der Waals surface area contributed by atoms with Crippen molar-refractivity contribution in [2.45, 2.75) is 18.3 Å². The van der Waals surface area contributed by atoms with Gasteiger partial charge in [0.15, 0.2) is 0 Å². The third-order valence-corrected chi connectivity index (χ3v) is 7.81. The normalized spacial score (nSPS) is 13.3. The van der Waals surface area contributed by atoms with Crippen LogP contribution in [0.25, 0.3) is 23.3 Å². The zero-order chi connectivity index (χ0) is 23.0. The molecular weight excluding hydrogens is 532 g/mol. The average molecular weight is 556 g/mol. The monoisotopic (exact) mass is 554 g/mol. The molecule has 0 nitrogen and oxygen atoms in total. The van der Waals surface area contributed by atoms with Crippen molar-refractivity contribution < 1.29 is 0 Å². The fraction of sp³-hybridized carbons (Fsp3) is 0.0968. The third kappa shape index (κ3) is 3.86. The van der Waals surface area contributed by atoms with E-state index >= 15 is 0 Å². The highest BCUT2D eigenvalue weighted by Crippen LogP contribution is 2.54. The van der Waals surface area contributed by atoms with Gasteiger partial charge in [-0.3, -0.25) is 0 Å². The van der Waals surface area contributed by atoms with E-state index in [2.05, 4.69) is 130 Å². The topological polar surface area (TPSA) is 0 Å². The molecule has 0 bridgehead atoms. The summed E-state index contributed by atoms with van der Waals surface area (Å²) >= 11 is 7.52. The Kier molecular flexibility index (Phi) is 5.99. The number of halogens is 2. The van der Waals surface area contributed by atoms with Crippen LogP contribution in [-0.4, -0.2) is 0 Å². The Morgan fingerprint density at radius 1 is 0.606 bits per heavy atom. The Balaban J connectivity index is 1.82. The molecule has 0 amide bonds. The Hall–Kier alpha value is -2.68. The van der Waals surface area contributed by atoms with Crippen molar-refractivity contribution in [3.05, 3.63) is 140 Å². The highest BCUT2D eigenvalue weighted by molar-refractivity contribution is 9.10. The van der Waals surface area contributed by atoms with Gasteiger partial charge in [0.05, 0.1) is 0 Å². The van der Waals surface area contributed by atoms with Crippen LogP contribution < -0.4 is 0 Å². The average Bonchev–Trinajstić information content (AvgIpc) is 3.08. The lowest BCUT2D eigenvalue weighted by molar-refractivity contribution is 0.519. The summed E-state index contributed by atoms with van der Waals surface area (Å²) in [6.45, 7) is 8.18. The van der Waals surface area contributed by atoms with Gasteiger partial charge in [-0.2, -0.15) is 0 Å². The largest absolute Gasteiger partial charge is 0.0985 e. The first-order valence-electron chi connectivity index (χ1n) is 11.1. The van der Waals surface area contributed by atoms with Crippen LogP contribution in [0.15, 0.2) is 107 Å². The summed E-state index contributed by atoms with van der Waals surface area (Å²) in [6, 6.07) is 30.7. The standard InChI is InChI=1S/C31H24Br2/c1-3-21-9-5-7-11-23(21)19-31(20-24-12-8-6-10-22(24)4-2)29-17-25(32)13-15-27(29)28-16-14-26(33)18-30(28)31/h3-18H,1-2,19-20H2. The van der Waals surface area contributed by atoms with E-state index in [0.717, 1.165) is 21.8 Å². The molecule has 162 valence electrons. The molecule has 0 spiro atoms. The Morgan fingerprint density at radius 3 is 1.45 bits per heavy atom. The van der Waals surface area contributed by atoms with E-state index in [-0.39, 0.29) is 5.41 Å². The number of benzene rings is 4. The number of rotatable bonds is 6. The molecule has 4 aromatic carbocycles. The number of hydrogen-bond donors (Lipinski definition) is 0. The van der Waals surface area contributed by atoms with Crippen LogP contribution in [0.4, 0.5) is 0 Å². The van der Waals surface area contributed by atoms with Gasteiger partial charge in [-0.05, 0) is 81.6 Å². The van der Waals surface area contributed by atoms with Crippen LogP contribution in [0.5, 0.6) is 0 Å². The molecule has 0 radical (unpaired) electrons. The molecule has 4 aromatic rings. The highest BCUT2D eigenvalue weighted by atomic mass is 79.9. The summed E-state index contributed by atoms with van der Waals surface area (Å²) in [6.07, 6.45) is 5.71. The summed E-state index contributed by atoms with van der Waals surface area (Å²) in [5.41, 5.74) is 10.1. The molecule has 0 fully saturated rings. The van der Waals surface area contributed by atoms with Gasteiger partial charge in [-0.25, -0.2) is 0 Å². The van der Waals surface area contributed by atoms with Crippen LogP contribution in [-0.2, 0) is 18.3 Å². The molecule has 1 aliphatic carbocycles. The molecule has 0 saturated carbocycles. The van der Waals surface area contributed by atoms with Crippen molar-refractivity contribution in [3.8, 4) is 11.1 Å². The van der Waals surface area contributed by atoms with Gasteiger partial charge in [0.2, 0.25) is 0 Å². The Labute approximate surface area is 213 Å². The lowest BCUT2D eigenvalue weighted by atomic mass is 9.68. The van der Waals surface area contributed by atoms with Crippen molar-refractivity contribution in [1.82, 2.24) is 0 Å². The summed E-state index contributed by atoms with van der Waals surface area (Å²) in [4.78, 5) is 0. The molecular formula is C31H24Br2. The second kappa shape index (κ2) is 8.93. The molecule has 0 atom stereocenters. The zero-order valence-corrected chi connectivity index (χ0v) is 21.5. The molecule has 5 rings (SSSR count). The predicted molar refractivity (Wildman–Crippen MR) is 149 cm³/mol. The van der Waals surface area contributed by atoms with Gasteiger partial charge in [0.25, 0.3) is 0 Å². The molecule has 0 heterocycles. The van der Waals surface area contributed by atoms with Crippen LogP contribution in [0.2, 0.25) is 0 Å². The quantitative estimate of drug-likeness (QED) is 0.222. The first-order valence-corrected chi connectivity index (χ1v) is 12.7. The second-order valence-electron chi connectivity index (χ2n) is 8.62.